The lowest BCUT2D eigenvalue weighted by Crippen LogP contribution is -2.14. The lowest BCUT2D eigenvalue weighted by Gasteiger charge is -2.08. The molecule has 4 rings (SSSR count). The predicted molar refractivity (Wildman–Crippen MR) is 117 cm³/mol. The molecule has 1 N–H and O–H groups in total. The van der Waals surface area contributed by atoms with E-state index in [4.69, 9.17) is 0 Å². The zero-order chi connectivity index (χ0) is 20.4. The first kappa shape index (κ1) is 19.1. The van der Waals surface area contributed by atoms with Crippen LogP contribution < -0.4 is 5.32 Å². The fourth-order valence-corrected chi connectivity index (χ4v) is 4.00. The molecule has 6 heteroatoms. The monoisotopic (exact) mass is 402 g/mol. The van der Waals surface area contributed by atoms with Crippen LogP contribution >= 0.6 is 11.3 Å². The number of thiazole rings is 1. The molecule has 0 saturated carbocycles. The van der Waals surface area contributed by atoms with Gasteiger partial charge in [-0.15, -0.1) is 11.3 Å². The Kier molecular flexibility index (Phi) is 5.27. The van der Waals surface area contributed by atoms with Gasteiger partial charge in [-0.3, -0.25) is 9.48 Å². The maximum Gasteiger partial charge on any atom is 0.259 e. The van der Waals surface area contributed by atoms with E-state index in [0.717, 1.165) is 38.9 Å². The molecular formula is C23H22N4OS. The molecule has 0 aliphatic rings. The van der Waals surface area contributed by atoms with E-state index in [1.807, 2.05) is 73.3 Å². The SMILES string of the molecule is Cc1nc(-c2cccc(NC(=O)c3c(C)nn(Cc4ccccc4)c3C)c2)cs1. The van der Waals surface area contributed by atoms with Gasteiger partial charge in [0.25, 0.3) is 5.91 Å². The van der Waals surface area contributed by atoms with Gasteiger partial charge < -0.3 is 5.32 Å². The smallest absolute Gasteiger partial charge is 0.259 e. The highest BCUT2D eigenvalue weighted by Crippen LogP contribution is 2.25. The average Bonchev–Trinajstić information content (AvgIpc) is 3.26. The number of aromatic nitrogens is 3. The second-order valence-electron chi connectivity index (χ2n) is 6.98. The summed E-state index contributed by atoms with van der Waals surface area (Å²) in [6.07, 6.45) is 0. The Morgan fingerprint density at radius 2 is 1.86 bits per heavy atom. The molecule has 5 nitrogen and oxygen atoms in total. The van der Waals surface area contributed by atoms with Crippen molar-refractivity contribution < 1.29 is 4.79 Å². The highest BCUT2D eigenvalue weighted by molar-refractivity contribution is 7.09. The maximum absolute atomic E-state index is 13.0. The Hall–Kier alpha value is -3.25. The number of rotatable bonds is 5. The molecule has 0 atom stereocenters. The second kappa shape index (κ2) is 8.01. The van der Waals surface area contributed by atoms with Crippen molar-refractivity contribution in [2.45, 2.75) is 27.3 Å². The minimum atomic E-state index is -0.147. The Morgan fingerprint density at radius 1 is 1.07 bits per heavy atom. The predicted octanol–water partition coefficient (Wildman–Crippen LogP) is 5.23. The van der Waals surface area contributed by atoms with Gasteiger partial charge in [-0.25, -0.2) is 4.98 Å². The quantitative estimate of drug-likeness (QED) is 0.497. The van der Waals surface area contributed by atoms with E-state index in [0.29, 0.717) is 12.1 Å². The highest BCUT2D eigenvalue weighted by Gasteiger charge is 2.19. The van der Waals surface area contributed by atoms with Gasteiger partial charge in [-0.1, -0.05) is 42.5 Å². The molecule has 0 bridgehead atoms. The van der Waals surface area contributed by atoms with E-state index < -0.39 is 0 Å². The van der Waals surface area contributed by atoms with Crippen molar-refractivity contribution in [3.8, 4) is 11.3 Å². The van der Waals surface area contributed by atoms with Crippen LogP contribution in [0.15, 0.2) is 60.0 Å². The number of anilines is 1. The molecule has 0 spiro atoms. The number of carbonyl (C=O) groups excluding carboxylic acids is 1. The third-order valence-corrected chi connectivity index (χ3v) is 5.59. The molecule has 0 radical (unpaired) electrons. The zero-order valence-electron chi connectivity index (χ0n) is 16.6. The van der Waals surface area contributed by atoms with Crippen LogP contribution in [0.5, 0.6) is 0 Å². The number of nitrogens with one attached hydrogen (secondary N) is 1. The summed E-state index contributed by atoms with van der Waals surface area (Å²) in [4.78, 5) is 17.5. The summed E-state index contributed by atoms with van der Waals surface area (Å²) in [6.45, 7) is 6.43. The minimum Gasteiger partial charge on any atom is -0.322 e. The van der Waals surface area contributed by atoms with Crippen LogP contribution in [0, 0.1) is 20.8 Å². The average molecular weight is 403 g/mol. The minimum absolute atomic E-state index is 0.147. The number of benzene rings is 2. The normalized spacial score (nSPS) is 10.9. The van der Waals surface area contributed by atoms with E-state index in [1.165, 1.54) is 0 Å². The molecule has 0 saturated heterocycles. The molecule has 146 valence electrons. The fourth-order valence-electron chi connectivity index (χ4n) is 3.38. The van der Waals surface area contributed by atoms with Crippen molar-refractivity contribution in [1.29, 1.82) is 0 Å². The number of carbonyl (C=O) groups is 1. The molecule has 0 aliphatic heterocycles. The number of aryl methyl sites for hydroxylation is 2. The van der Waals surface area contributed by atoms with Crippen LogP contribution in [0.3, 0.4) is 0 Å². The summed E-state index contributed by atoms with van der Waals surface area (Å²) in [6, 6.07) is 17.9. The summed E-state index contributed by atoms with van der Waals surface area (Å²) in [7, 11) is 0. The van der Waals surface area contributed by atoms with Gasteiger partial charge in [0.05, 0.1) is 28.5 Å². The van der Waals surface area contributed by atoms with Crippen molar-refractivity contribution in [2.75, 3.05) is 5.32 Å². The Balaban J connectivity index is 1.56. The van der Waals surface area contributed by atoms with Crippen LogP contribution in [-0.2, 0) is 6.54 Å². The van der Waals surface area contributed by atoms with Crippen molar-refractivity contribution in [3.63, 3.8) is 0 Å². The Morgan fingerprint density at radius 3 is 2.59 bits per heavy atom. The Labute approximate surface area is 174 Å². The largest absolute Gasteiger partial charge is 0.322 e. The van der Waals surface area contributed by atoms with Gasteiger partial charge in [-0.05, 0) is 38.5 Å². The van der Waals surface area contributed by atoms with E-state index in [2.05, 4.69) is 27.5 Å². The molecule has 0 unspecified atom stereocenters. The van der Waals surface area contributed by atoms with Crippen molar-refractivity contribution in [1.82, 2.24) is 14.8 Å². The molecular weight excluding hydrogens is 380 g/mol. The standard InChI is InChI=1S/C23H22N4OS/c1-15-22(16(2)27(26-15)13-18-8-5-4-6-9-18)23(28)25-20-11-7-10-19(12-20)21-14-29-17(3)24-21/h4-12,14H,13H2,1-3H3,(H,25,28). The molecule has 2 heterocycles. The van der Waals surface area contributed by atoms with E-state index in [9.17, 15) is 4.79 Å². The molecule has 29 heavy (non-hydrogen) atoms. The van der Waals surface area contributed by atoms with Crippen LogP contribution in [-0.4, -0.2) is 20.7 Å². The van der Waals surface area contributed by atoms with E-state index >= 15 is 0 Å². The van der Waals surface area contributed by atoms with Gasteiger partial charge in [0.1, 0.15) is 0 Å². The lowest BCUT2D eigenvalue weighted by molar-refractivity contribution is 0.102. The van der Waals surface area contributed by atoms with E-state index in [-0.39, 0.29) is 5.91 Å². The molecule has 4 aromatic rings. The summed E-state index contributed by atoms with van der Waals surface area (Å²) < 4.78 is 1.88. The summed E-state index contributed by atoms with van der Waals surface area (Å²) in [5.41, 5.74) is 6.00. The zero-order valence-corrected chi connectivity index (χ0v) is 17.5. The number of nitrogens with zero attached hydrogens (tertiary/aromatic N) is 3. The third-order valence-electron chi connectivity index (χ3n) is 4.82. The molecule has 0 aliphatic carbocycles. The topological polar surface area (TPSA) is 59.8 Å². The molecule has 2 aromatic heterocycles. The fraction of sp³-hybridized carbons (Fsp3) is 0.174. The maximum atomic E-state index is 13.0. The van der Waals surface area contributed by atoms with E-state index in [1.54, 1.807) is 11.3 Å². The van der Waals surface area contributed by atoms with Gasteiger partial charge in [0, 0.05) is 22.3 Å². The first-order chi connectivity index (χ1) is 14.0. The van der Waals surface area contributed by atoms with Crippen LogP contribution in [0.1, 0.15) is 32.3 Å². The highest BCUT2D eigenvalue weighted by atomic mass is 32.1. The first-order valence-corrected chi connectivity index (χ1v) is 10.3. The first-order valence-electron chi connectivity index (χ1n) is 9.43. The van der Waals surface area contributed by atoms with Crippen LogP contribution in [0.2, 0.25) is 0 Å². The summed E-state index contributed by atoms with van der Waals surface area (Å²) in [5, 5.41) is 10.6. The van der Waals surface area contributed by atoms with Gasteiger partial charge >= 0.3 is 0 Å². The Bertz CT molecular complexity index is 1160. The van der Waals surface area contributed by atoms with Gasteiger partial charge in [-0.2, -0.15) is 5.10 Å². The second-order valence-corrected chi connectivity index (χ2v) is 8.04. The van der Waals surface area contributed by atoms with Crippen molar-refractivity contribution in [2.24, 2.45) is 0 Å². The summed E-state index contributed by atoms with van der Waals surface area (Å²) >= 11 is 1.61. The lowest BCUT2D eigenvalue weighted by atomic mass is 10.1. The molecule has 0 fully saturated rings. The van der Waals surface area contributed by atoms with Crippen molar-refractivity contribution in [3.05, 3.63) is 87.5 Å². The van der Waals surface area contributed by atoms with Gasteiger partial charge in [0.2, 0.25) is 0 Å². The molecule has 2 aromatic carbocycles. The van der Waals surface area contributed by atoms with Crippen LogP contribution in [0.4, 0.5) is 5.69 Å². The third kappa shape index (κ3) is 4.12. The van der Waals surface area contributed by atoms with Gasteiger partial charge in [0.15, 0.2) is 0 Å². The number of hydrogen-bond donors (Lipinski definition) is 1. The number of hydrogen-bond acceptors (Lipinski definition) is 4. The number of amides is 1. The van der Waals surface area contributed by atoms with Crippen molar-refractivity contribution >= 4 is 22.9 Å². The summed E-state index contributed by atoms with van der Waals surface area (Å²) in [5.74, 6) is -0.147. The molecule has 1 amide bonds. The van der Waals surface area contributed by atoms with Crippen LogP contribution in [0.25, 0.3) is 11.3 Å².